The summed E-state index contributed by atoms with van der Waals surface area (Å²) in [5.74, 6) is 0.370. The molecule has 0 bridgehead atoms. The summed E-state index contributed by atoms with van der Waals surface area (Å²) in [6.45, 7) is 2.02. The van der Waals surface area contributed by atoms with Crippen molar-refractivity contribution in [3.63, 3.8) is 0 Å². The van der Waals surface area contributed by atoms with Crippen molar-refractivity contribution in [2.24, 2.45) is 5.73 Å². The molecule has 1 aliphatic rings. The lowest BCUT2D eigenvalue weighted by Gasteiger charge is -2.21. The maximum absolute atomic E-state index is 9.70. The van der Waals surface area contributed by atoms with E-state index in [9.17, 15) is 10.4 Å². The molecule has 0 radical (unpaired) electrons. The molecular weight excluding hydrogens is 282 g/mol. The van der Waals surface area contributed by atoms with E-state index in [0.717, 1.165) is 6.42 Å². The van der Waals surface area contributed by atoms with Gasteiger partial charge >= 0.3 is 5.95 Å². The topological polar surface area (TPSA) is 105 Å². The van der Waals surface area contributed by atoms with Gasteiger partial charge in [0.25, 0.3) is 0 Å². The molecule has 3 N–H and O–H groups in total. The second-order valence-corrected chi connectivity index (χ2v) is 5.05. The number of ether oxygens (including phenoxy) is 1. The van der Waals surface area contributed by atoms with Gasteiger partial charge < -0.3 is 20.0 Å². The first-order valence-corrected chi connectivity index (χ1v) is 7.00. The van der Waals surface area contributed by atoms with E-state index in [2.05, 4.69) is 11.1 Å². The highest BCUT2D eigenvalue weighted by Crippen LogP contribution is 2.42. The van der Waals surface area contributed by atoms with Crippen LogP contribution in [0.5, 0.6) is 11.7 Å². The quantitative estimate of drug-likeness (QED) is 0.902. The maximum Gasteiger partial charge on any atom is 0.316 e. The SMILES string of the molecule is CCCc1nc2c(o1)OC(N)=C(C#N)[C@@H]2c1cccc(O)c1. The number of nitrogens with two attached hydrogens (primary N) is 1. The Morgan fingerprint density at radius 3 is 2.95 bits per heavy atom. The molecule has 6 heteroatoms. The first kappa shape index (κ1) is 14.0. The number of aromatic nitrogens is 1. The van der Waals surface area contributed by atoms with Gasteiger partial charge in [-0.2, -0.15) is 5.26 Å². The van der Waals surface area contributed by atoms with E-state index in [1.807, 2.05) is 6.92 Å². The van der Waals surface area contributed by atoms with Crippen molar-refractivity contribution in [2.75, 3.05) is 0 Å². The lowest BCUT2D eigenvalue weighted by atomic mass is 9.88. The van der Waals surface area contributed by atoms with E-state index in [4.69, 9.17) is 14.9 Å². The average Bonchev–Trinajstić information content (AvgIpc) is 2.88. The van der Waals surface area contributed by atoms with Gasteiger partial charge in [-0.3, -0.25) is 0 Å². The summed E-state index contributed by atoms with van der Waals surface area (Å²) in [6, 6.07) is 8.73. The summed E-state index contributed by atoms with van der Waals surface area (Å²) in [5.41, 5.74) is 7.32. The second kappa shape index (κ2) is 5.45. The number of oxazole rings is 1. The number of nitriles is 1. The van der Waals surface area contributed by atoms with E-state index in [-0.39, 0.29) is 23.2 Å². The van der Waals surface area contributed by atoms with E-state index in [0.29, 0.717) is 23.6 Å². The van der Waals surface area contributed by atoms with Crippen LogP contribution in [0, 0.1) is 11.3 Å². The van der Waals surface area contributed by atoms with Crippen LogP contribution in [0.3, 0.4) is 0 Å². The van der Waals surface area contributed by atoms with Crippen molar-refractivity contribution in [3.8, 4) is 17.8 Å². The van der Waals surface area contributed by atoms with Crippen LogP contribution >= 0.6 is 0 Å². The molecule has 0 amide bonds. The number of phenols is 1. The Morgan fingerprint density at radius 2 is 2.27 bits per heavy atom. The van der Waals surface area contributed by atoms with Crippen LogP contribution in [0.25, 0.3) is 0 Å². The largest absolute Gasteiger partial charge is 0.508 e. The van der Waals surface area contributed by atoms with Crippen LogP contribution in [0.4, 0.5) is 0 Å². The van der Waals surface area contributed by atoms with E-state index < -0.39 is 5.92 Å². The van der Waals surface area contributed by atoms with Crippen LogP contribution in [0.1, 0.15) is 36.4 Å². The number of hydrogen-bond acceptors (Lipinski definition) is 6. The van der Waals surface area contributed by atoms with Gasteiger partial charge in [-0.1, -0.05) is 19.1 Å². The Balaban J connectivity index is 2.15. The Bertz CT molecular complexity index is 786. The molecule has 0 unspecified atom stereocenters. The van der Waals surface area contributed by atoms with E-state index in [1.165, 1.54) is 0 Å². The first-order valence-electron chi connectivity index (χ1n) is 7.00. The molecule has 0 spiro atoms. The molecule has 1 aromatic heterocycles. The normalized spacial score (nSPS) is 16.8. The van der Waals surface area contributed by atoms with E-state index in [1.54, 1.807) is 24.3 Å². The highest BCUT2D eigenvalue weighted by molar-refractivity contribution is 5.51. The summed E-state index contributed by atoms with van der Waals surface area (Å²) >= 11 is 0. The lowest BCUT2D eigenvalue weighted by Crippen LogP contribution is -2.20. The fraction of sp³-hybridized carbons (Fsp3) is 0.250. The molecule has 112 valence electrons. The number of phenolic OH excluding ortho intramolecular Hbond substituents is 1. The molecule has 0 saturated heterocycles. The summed E-state index contributed by atoms with van der Waals surface area (Å²) in [4.78, 5) is 4.45. The molecule has 1 aliphatic heterocycles. The fourth-order valence-corrected chi connectivity index (χ4v) is 2.52. The molecule has 3 rings (SSSR count). The molecular formula is C16H15N3O3. The molecule has 6 nitrogen and oxygen atoms in total. The molecule has 0 saturated carbocycles. The predicted octanol–water partition coefficient (Wildman–Crippen LogP) is 2.55. The molecule has 2 aromatic rings. The van der Waals surface area contributed by atoms with Gasteiger partial charge in [0.2, 0.25) is 5.88 Å². The third-order valence-corrected chi connectivity index (χ3v) is 3.48. The van der Waals surface area contributed by atoms with Crippen LogP contribution in [-0.2, 0) is 6.42 Å². The number of aromatic hydroxyl groups is 1. The number of hydrogen-bond donors (Lipinski definition) is 2. The number of nitrogens with zero attached hydrogens (tertiary/aromatic N) is 2. The van der Waals surface area contributed by atoms with Gasteiger partial charge in [-0.05, 0) is 24.1 Å². The number of allylic oxidation sites excluding steroid dienone is 1. The minimum Gasteiger partial charge on any atom is -0.508 e. The van der Waals surface area contributed by atoms with Crippen molar-refractivity contribution >= 4 is 0 Å². The monoisotopic (exact) mass is 297 g/mol. The van der Waals surface area contributed by atoms with Crippen LogP contribution in [0.15, 0.2) is 40.1 Å². The van der Waals surface area contributed by atoms with Crippen molar-refractivity contribution in [1.29, 1.82) is 5.26 Å². The Labute approximate surface area is 127 Å². The minimum atomic E-state index is -0.504. The standard InChI is InChI=1S/C16H15N3O3/c1-2-4-12-19-14-13(9-5-3-6-10(20)7-9)11(8-17)15(18)22-16(14)21-12/h3,5-7,13,20H,2,4,18H2,1H3/t13-/m0/s1. The summed E-state index contributed by atoms with van der Waals surface area (Å²) in [6.07, 6.45) is 1.55. The molecule has 1 atom stereocenters. The van der Waals surface area contributed by atoms with Crippen molar-refractivity contribution in [1.82, 2.24) is 4.98 Å². The number of rotatable bonds is 3. The summed E-state index contributed by atoms with van der Waals surface area (Å²) in [5, 5.41) is 19.1. The van der Waals surface area contributed by atoms with Crippen LogP contribution in [0.2, 0.25) is 0 Å². The van der Waals surface area contributed by atoms with Crippen LogP contribution < -0.4 is 10.5 Å². The zero-order valence-electron chi connectivity index (χ0n) is 12.0. The molecule has 22 heavy (non-hydrogen) atoms. The fourth-order valence-electron chi connectivity index (χ4n) is 2.52. The van der Waals surface area contributed by atoms with Gasteiger partial charge in [0.1, 0.15) is 23.1 Å². The second-order valence-electron chi connectivity index (χ2n) is 5.05. The molecule has 2 heterocycles. The van der Waals surface area contributed by atoms with Gasteiger partial charge in [0.05, 0.1) is 5.92 Å². The zero-order valence-corrected chi connectivity index (χ0v) is 12.0. The minimum absolute atomic E-state index is 0.00235. The molecule has 0 aliphatic carbocycles. The Morgan fingerprint density at radius 1 is 1.45 bits per heavy atom. The van der Waals surface area contributed by atoms with Crippen molar-refractivity contribution in [3.05, 3.63) is 52.9 Å². The van der Waals surface area contributed by atoms with Crippen LogP contribution in [-0.4, -0.2) is 10.1 Å². The molecule has 0 fully saturated rings. The van der Waals surface area contributed by atoms with Crippen molar-refractivity contribution in [2.45, 2.75) is 25.7 Å². The highest BCUT2D eigenvalue weighted by Gasteiger charge is 2.35. The zero-order chi connectivity index (χ0) is 15.7. The third-order valence-electron chi connectivity index (χ3n) is 3.48. The van der Waals surface area contributed by atoms with Gasteiger partial charge in [-0.15, -0.1) is 0 Å². The average molecular weight is 297 g/mol. The number of fused-ring (bicyclic) bond motifs is 1. The van der Waals surface area contributed by atoms with Gasteiger partial charge in [-0.25, -0.2) is 4.98 Å². The maximum atomic E-state index is 9.70. The Kier molecular flexibility index (Phi) is 3.47. The Hall–Kier alpha value is -2.94. The lowest BCUT2D eigenvalue weighted by molar-refractivity contribution is 0.284. The smallest absolute Gasteiger partial charge is 0.316 e. The van der Waals surface area contributed by atoms with E-state index >= 15 is 0 Å². The summed E-state index contributed by atoms with van der Waals surface area (Å²) < 4.78 is 11.0. The van der Waals surface area contributed by atoms with Gasteiger partial charge in [0, 0.05) is 6.42 Å². The molecule has 1 aromatic carbocycles. The summed E-state index contributed by atoms with van der Waals surface area (Å²) in [7, 11) is 0. The number of aryl methyl sites for hydroxylation is 1. The third kappa shape index (κ3) is 2.27. The first-order chi connectivity index (χ1) is 10.6. The predicted molar refractivity (Wildman–Crippen MR) is 77.9 cm³/mol. The number of benzene rings is 1. The highest BCUT2D eigenvalue weighted by atomic mass is 16.6. The van der Waals surface area contributed by atoms with Gasteiger partial charge in [0.15, 0.2) is 5.89 Å². The van der Waals surface area contributed by atoms with Crippen molar-refractivity contribution < 1.29 is 14.3 Å².